The van der Waals surface area contributed by atoms with Crippen molar-refractivity contribution < 1.29 is 4.79 Å². The first-order valence-electron chi connectivity index (χ1n) is 9.78. The maximum atomic E-state index is 11.7. The monoisotopic (exact) mass is 399 g/mol. The number of hydrazone groups is 1. The third kappa shape index (κ3) is 4.52. The van der Waals surface area contributed by atoms with Gasteiger partial charge in [0.1, 0.15) is 5.01 Å². The summed E-state index contributed by atoms with van der Waals surface area (Å²) in [7, 11) is 3.88. The molecule has 28 heavy (non-hydrogen) atoms. The van der Waals surface area contributed by atoms with Crippen LogP contribution in [0, 0.1) is 5.92 Å². The van der Waals surface area contributed by atoms with E-state index < -0.39 is 0 Å². The standard InChI is InChI=1S/C21H29N5OS/c1-15(9-10-22)11-19-24-21-20(28-19)17(18(14-27)26(21)3)12-23-25(2)13-16-7-5-4-6-8-16/h9-10,12,14,16H,1,4-8,11,13,22H2,2-3H3/b10-9-,23-12-. The maximum absolute atomic E-state index is 11.7. The van der Waals surface area contributed by atoms with Gasteiger partial charge in [-0.1, -0.05) is 25.8 Å². The van der Waals surface area contributed by atoms with E-state index in [0.29, 0.717) is 18.0 Å². The molecular weight excluding hydrogens is 370 g/mol. The molecule has 2 N–H and O–H groups in total. The average molecular weight is 400 g/mol. The summed E-state index contributed by atoms with van der Waals surface area (Å²) in [5, 5.41) is 7.58. The van der Waals surface area contributed by atoms with E-state index in [1.807, 2.05) is 29.9 Å². The van der Waals surface area contributed by atoms with Crippen LogP contribution in [0.4, 0.5) is 0 Å². The van der Waals surface area contributed by atoms with Crippen LogP contribution in [0.3, 0.4) is 0 Å². The number of hydrogen-bond acceptors (Lipinski definition) is 6. The van der Waals surface area contributed by atoms with Crippen molar-refractivity contribution in [2.24, 2.45) is 23.8 Å². The first kappa shape index (κ1) is 20.3. The average Bonchev–Trinajstić information content (AvgIpc) is 3.18. The molecule has 7 heteroatoms. The molecule has 2 aromatic rings. The van der Waals surface area contributed by atoms with Gasteiger partial charge < -0.3 is 10.3 Å². The minimum Gasteiger partial charge on any atom is -0.405 e. The van der Waals surface area contributed by atoms with E-state index in [-0.39, 0.29) is 0 Å². The van der Waals surface area contributed by atoms with E-state index in [1.54, 1.807) is 17.4 Å². The van der Waals surface area contributed by atoms with E-state index in [9.17, 15) is 4.79 Å². The van der Waals surface area contributed by atoms with Gasteiger partial charge in [0.2, 0.25) is 0 Å². The lowest BCUT2D eigenvalue weighted by molar-refractivity contribution is 0.111. The zero-order valence-corrected chi connectivity index (χ0v) is 17.5. The fourth-order valence-corrected chi connectivity index (χ4v) is 5.01. The molecule has 0 amide bonds. The summed E-state index contributed by atoms with van der Waals surface area (Å²) in [6, 6.07) is 0. The molecule has 0 bridgehead atoms. The normalized spacial score (nSPS) is 15.8. The van der Waals surface area contributed by atoms with Crippen molar-refractivity contribution in [2.75, 3.05) is 13.6 Å². The van der Waals surface area contributed by atoms with Gasteiger partial charge in [-0.25, -0.2) is 4.98 Å². The molecule has 2 heterocycles. The number of carbonyl (C=O) groups excluding carboxylic acids is 1. The summed E-state index contributed by atoms with van der Waals surface area (Å²) in [6.45, 7) is 4.95. The zero-order valence-electron chi connectivity index (χ0n) is 16.7. The van der Waals surface area contributed by atoms with Crippen molar-refractivity contribution in [2.45, 2.75) is 38.5 Å². The highest BCUT2D eigenvalue weighted by atomic mass is 32.1. The lowest BCUT2D eigenvalue weighted by Gasteiger charge is -2.25. The predicted octanol–water partition coefficient (Wildman–Crippen LogP) is 3.86. The molecule has 150 valence electrons. The van der Waals surface area contributed by atoms with Crippen LogP contribution < -0.4 is 5.73 Å². The number of nitrogens with two attached hydrogens (primary N) is 1. The molecule has 0 spiro atoms. The second kappa shape index (κ2) is 9.19. The molecular formula is C21H29N5OS. The predicted molar refractivity (Wildman–Crippen MR) is 117 cm³/mol. The number of aryl methyl sites for hydroxylation is 1. The van der Waals surface area contributed by atoms with Crippen LogP contribution in [0.15, 0.2) is 29.5 Å². The van der Waals surface area contributed by atoms with Crippen LogP contribution in [0.1, 0.15) is 53.2 Å². The van der Waals surface area contributed by atoms with Crippen molar-refractivity contribution >= 4 is 34.2 Å². The smallest absolute Gasteiger partial charge is 0.167 e. The Morgan fingerprint density at radius 3 is 2.86 bits per heavy atom. The van der Waals surface area contributed by atoms with Gasteiger partial charge in [-0.15, -0.1) is 11.3 Å². The molecule has 0 atom stereocenters. The van der Waals surface area contributed by atoms with Crippen molar-refractivity contribution in [3.63, 3.8) is 0 Å². The zero-order chi connectivity index (χ0) is 20.1. The lowest BCUT2D eigenvalue weighted by atomic mass is 9.89. The molecule has 0 aliphatic heterocycles. The van der Waals surface area contributed by atoms with Crippen LogP contribution in [0.5, 0.6) is 0 Å². The van der Waals surface area contributed by atoms with E-state index in [2.05, 4.69) is 11.7 Å². The number of rotatable bonds is 8. The third-order valence-electron chi connectivity index (χ3n) is 5.31. The second-order valence-electron chi connectivity index (χ2n) is 7.52. The Morgan fingerprint density at radius 1 is 1.43 bits per heavy atom. The van der Waals surface area contributed by atoms with Gasteiger partial charge in [0, 0.05) is 32.6 Å². The van der Waals surface area contributed by atoms with Crippen molar-refractivity contribution in [3.8, 4) is 0 Å². The summed E-state index contributed by atoms with van der Waals surface area (Å²) in [5.74, 6) is 0.717. The van der Waals surface area contributed by atoms with Gasteiger partial charge in [-0.2, -0.15) is 5.10 Å². The van der Waals surface area contributed by atoms with Crippen molar-refractivity contribution in [1.82, 2.24) is 14.6 Å². The van der Waals surface area contributed by atoms with E-state index in [0.717, 1.165) is 39.3 Å². The molecule has 1 fully saturated rings. The summed E-state index contributed by atoms with van der Waals surface area (Å²) < 4.78 is 2.82. The summed E-state index contributed by atoms with van der Waals surface area (Å²) in [6.07, 6.45) is 13.2. The number of aromatic nitrogens is 2. The Labute approximate surface area is 170 Å². The summed E-state index contributed by atoms with van der Waals surface area (Å²) in [5.41, 5.74) is 8.59. The molecule has 2 aromatic heterocycles. The Morgan fingerprint density at radius 2 is 2.18 bits per heavy atom. The molecule has 1 aliphatic carbocycles. The second-order valence-corrected chi connectivity index (χ2v) is 8.60. The number of aldehydes is 1. The number of thiazole rings is 1. The number of nitrogens with zero attached hydrogens (tertiary/aromatic N) is 4. The van der Waals surface area contributed by atoms with Gasteiger partial charge >= 0.3 is 0 Å². The highest BCUT2D eigenvalue weighted by Gasteiger charge is 2.19. The topological polar surface area (TPSA) is 76.5 Å². The molecule has 6 nitrogen and oxygen atoms in total. The first-order valence-corrected chi connectivity index (χ1v) is 10.6. The Balaban J connectivity index is 1.82. The van der Waals surface area contributed by atoms with Gasteiger partial charge in [-0.3, -0.25) is 9.80 Å². The van der Waals surface area contributed by atoms with Gasteiger partial charge in [0.05, 0.1) is 16.6 Å². The van der Waals surface area contributed by atoms with Crippen molar-refractivity contribution in [3.05, 3.63) is 40.7 Å². The van der Waals surface area contributed by atoms with Gasteiger partial charge in [0.15, 0.2) is 11.9 Å². The van der Waals surface area contributed by atoms with Crippen LogP contribution in [-0.2, 0) is 13.5 Å². The Kier molecular flexibility index (Phi) is 6.67. The summed E-state index contributed by atoms with van der Waals surface area (Å²) in [4.78, 5) is 16.4. The number of hydrogen-bond donors (Lipinski definition) is 1. The maximum Gasteiger partial charge on any atom is 0.167 e. The first-order chi connectivity index (χ1) is 13.5. The Bertz CT molecular complexity index is 902. The molecule has 0 unspecified atom stereocenters. The fourth-order valence-electron chi connectivity index (χ4n) is 3.85. The molecule has 3 rings (SSSR count). The molecule has 0 saturated heterocycles. The fraction of sp³-hybridized carbons (Fsp3) is 0.476. The summed E-state index contributed by atoms with van der Waals surface area (Å²) >= 11 is 1.58. The van der Waals surface area contributed by atoms with E-state index >= 15 is 0 Å². The third-order valence-corrected chi connectivity index (χ3v) is 6.38. The van der Waals surface area contributed by atoms with Crippen LogP contribution in [0.2, 0.25) is 0 Å². The SMILES string of the molecule is C=C(/C=C\N)Cc1nc2c(s1)c(/C=N\N(C)CC1CCCCC1)c(C=O)n2C. The highest BCUT2D eigenvalue weighted by molar-refractivity contribution is 7.19. The molecule has 1 aliphatic rings. The molecule has 0 aromatic carbocycles. The quantitative estimate of drug-likeness (QED) is 0.316. The number of fused-ring (bicyclic) bond motifs is 1. The number of allylic oxidation sites excluding steroid dienone is 2. The van der Waals surface area contributed by atoms with Crippen molar-refractivity contribution in [1.29, 1.82) is 0 Å². The van der Waals surface area contributed by atoms with Crippen LogP contribution in [-0.4, -0.2) is 40.7 Å². The number of carbonyl (C=O) groups is 1. The van der Waals surface area contributed by atoms with Crippen LogP contribution in [0.25, 0.3) is 10.3 Å². The van der Waals surface area contributed by atoms with E-state index in [1.165, 1.54) is 38.3 Å². The minimum atomic E-state index is 0.607. The minimum absolute atomic E-state index is 0.607. The highest BCUT2D eigenvalue weighted by Crippen LogP contribution is 2.30. The lowest BCUT2D eigenvalue weighted by Crippen LogP contribution is -2.23. The largest absolute Gasteiger partial charge is 0.405 e. The molecule has 1 saturated carbocycles. The molecule has 0 radical (unpaired) electrons. The Hall–Kier alpha value is -2.41. The van der Waals surface area contributed by atoms with E-state index in [4.69, 9.17) is 10.7 Å². The van der Waals surface area contributed by atoms with Gasteiger partial charge in [-0.05, 0) is 36.6 Å². The van der Waals surface area contributed by atoms with Crippen LogP contribution >= 0.6 is 11.3 Å². The van der Waals surface area contributed by atoms with Gasteiger partial charge in [0.25, 0.3) is 0 Å².